The zero-order valence-electron chi connectivity index (χ0n) is 12.2. The van der Waals surface area contributed by atoms with Crippen LogP contribution < -0.4 is 10.0 Å². The Labute approximate surface area is 138 Å². The SMILES string of the molecule is CCNCc1cc(S(=O)(=O)NC2(C)CCCOC2)c(Br)s1. The number of rotatable bonds is 6. The van der Waals surface area contributed by atoms with Gasteiger partial charge in [0.15, 0.2) is 0 Å². The second-order valence-corrected chi connectivity index (χ2v) is 9.56. The van der Waals surface area contributed by atoms with Crippen molar-refractivity contribution < 1.29 is 13.2 Å². The van der Waals surface area contributed by atoms with E-state index in [-0.39, 0.29) is 0 Å². The normalized spacial score (nSPS) is 23.4. The predicted octanol–water partition coefficient (Wildman–Crippen LogP) is 2.47. The molecular formula is C13H21BrN2O3S2. The van der Waals surface area contributed by atoms with E-state index in [4.69, 9.17) is 4.74 Å². The number of nitrogens with one attached hydrogen (secondary N) is 2. The number of thiophene rings is 1. The molecule has 120 valence electrons. The van der Waals surface area contributed by atoms with E-state index in [2.05, 4.69) is 26.0 Å². The molecule has 0 aliphatic carbocycles. The van der Waals surface area contributed by atoms with Crippen LogP contribution in [0.1, 0.15) is 31.6 Å². The van der Waals surface area contributed by atoms with Crippen molar-refractivity contribution in [2.45, 2.75) is 43.7 Å². The van der Waals surface area contributed by atoms with Gasteiger partial charge in [0.05, 0.1) is 15.9 Å². The zero-order valence-corrected chi connectivity index (χ0v) is 15.5. The third-order valence-electron chi connectivity index (χ3n) is 3.36. The molecule has 0 amide bonds. The predicted molar refractivity (Wildman–Crippen MR) is 88.2 cm³/mol. The van der Waals surface area contributed by atoms with Crippen LogP contribution in [-0.2, 0) is 21.3 Å². The average molecular weight is 397 g/mol. The fourth-order valence-corrected chi connectivity index (χ4v) is 6.39. The Bertz CT molecular complexity index is 580. The monoisotopic (exact) mass is 396 g/mol. The molecule has 5 nitrogen and oxygen atoms in total. The van der Waals surface area contributed by atoms with Gasteiger partial charge < -0.3 is 10.1 Å². The first-order valence-corrected chi connectivity index (χ1v) is 10.1. The van der Waals surface area contributed by atoms with Gasteiger partial charge in [-0.2, -0.15) is 0 Å². The number of ether oxygens (including phenoxy) is 1. The Morgan fingerprint density at radius 3 is 2.90 bits per heavy atom. The number of hydrogen-bond acceptors (Lipinski definition) is 5. The van der Waals surface area contributed by atoms with Crippen molar-refractivity contribution in [3.63, 3.8) is 0 Å². The molecule has 1 fully saturated rings. The summed E-state index contributed by atoms with van der Waals surface area (Å²) in [6.07, 6.45) is 1.66. The first-order chi connectivity index (χ1) is 9.86. The molecule has 0 saturated carbocycles. The summed E-state index contributed by atoms with van der Waals surface area (Å²) in [7, 11) is -3.55. The molecule has 2 rings (SSSR count). The van der Waals surface area contributed by atoms with E-state index in [1.165, 1.54) is 11.3 Å². The van der Waals surface area contributed by atoms with Gasteiger partial charge in [-0.1, -0.05) is 6.92 Å². The van der Waals surface area contributed by atoms with Crippen molar-refractivity contribution in [1.82, 2.24) is 10.0 Å². The fourth-order valence-electron chi connectivity index (χ4n) is 2.31. The lowest BCUT2D eigenvalue weighted by atomic mass is 9.97. The highest BCUT2D eigenvalue weighted by Crippen LogP contribution is 2.33. The summed E-state index contributed by atoms with van der Waals surface area (Å²) in [6, 6.07) is 1.73. The molecule has 2 N–H and O–H groups in total. The lowest BCUT2D eigenvalue weighted by Crippen LogP contribution is -2.51. The van der Waals surface area contributed by atoms with E-state index in [1.54, 1.807) is 6.07 Å². The topological polar surface area (TPSA) is 67.4 Å². The highest BCUT2D eigenvalue weighted by Gasteiger charge is 2.34. The molecular weight excluding hydrogens is 376 g/mol. The minimum atomic E-state index is -3.55. The van der Waals surface area contributed by atoms with Gasteiger partial charge in [-0.25, -0.2) is 13.1 Å². The largest absolute Gasteiger partial charge is 0.380 e. The van der Waals surface area contributed by atoms with Gasteiger partial charge >= 0.3 is 0 Å². The van der Waals surface area contributed by atoms with Gasteiger partial charge in [0, 0.05) is 18.0 Å². The van der Waals surface area contributed by atoms with Crippen molar-refractivity contribution in [2.24, 2.45) is 0 Å². The van der Waals surface area contributed by atoms with Crippen LogP contribution in [0.3, 0.4) is 0 Å². The Kier molecular flexibility index (Phi) is 5.84. The van der Waals surface area contributed by atoms with Crippen molar-refractivity contribution in [1.29, 1.82) is 0 Å². The van der Waals surface area contributed by atoms with Crippen LogP contribution in [0.15, 0.2) is 14.7 Å². The van der Waals surface area contributed by atoms with Gasteiger partial charge in [0.1, 0.15) is 4.90 Å². The Balaban J connectivity index is 2.17. The van der Waals surface area contributed by atoms with E-state index < -0.39 is 15.6 Å². The molecule has 1 aromatic rings. The van der Waals surface area contributed by atoms with Crippen LogP contribution in [0.4, 0.5) is 0 Å². The first kappa shape index (κ1) is 17.4. The third-order valence-corrected chi connectivity index (χ3v) is 7.25. The summed E-state index contributed by atoms with van der Waals surface area (Å²) >= 11 is 4.81. The lowest BCUT2D eigenvalue weighted by molar-refractivity contribution is 0.0386. The molecule has 1 aliphatic heterocycles. The van der Waals surface area contributed by atoms with Gasteiger partial charge in [0.2, 0.25) is 10.0 Å². The van der Waals surface area contributed by atoms with E-state index in [0.29, 0.717) is 28.4 Å². The number of sulfonamides is 1. The van der Waals surface area contributed by atoms with E-state index in [0.717, 1.165) is 24.3 Å². The average Bonchev–Trinajstić information content (AvgIpc) is 2.78. The van der Waals surface area contributed by atoms with E-state index in [1.807, 2.05) is 13.8 Å². The molecule has 1 aromatic heterocycles. The fraction of sp³-hybridized carbons (Fsp3) is 0.692. The van der Waals surface area contributed by atoms with Crippen LogP contribution in [0.25, 0.3) is 0 Å². The van der Waals surface area contributed by atoms with Crippen molar-refractivity contribution in [3.05, 3.63) is 14.7 Å². The second-order valence-electron chi connectivity index (χ2n) is 5.45. The third kappa shape index (κ3) is 4.49. The molecule has 2 heterocycles. The van der Waals surface area contributed by atoms with Crippen LogP contribution in [-0.4, -0.2) is 33.7 Å². The quantitative estimate of drug-likeness (QED) is 0.774. The van der Waals surface area contributed by atoms with Gasteiger partial charge in [-0.3, -0.25) is 0 Å². The van der Waals surface area contributed by atoms with Crippen molar-refractivity contribution in [2.75, 3.05) is 19.8 Å². The van der Waals surface area contributed by atoms with Crippen LogP contribution >= 0.6 is 27.3 Å². The Morgan fingerprint density at radius 1 is 1.52 bits per heavy atom. The van der Waals surface area contributed by atoms with Gasteiger partial charge in [-0.05, 0) is 48.3 Å². The van der Waals surface area contributed by atoms with Crippen LogP contribution in [0, 0.1) is 0 Å². The molecule has 0 aromatic carbocycles. The highest BCUT2D eigenvalue weighted by atomic mass is 79.9. The standard InChI is InChI=1S/C13H21BrN2O3S2/c1-3-15-8-10-7-11(12(14)20-10)21(17,18)16-13(2)5-4-6-19-9-13/h7,15-16H,3-6,8-9H2,1-2H3. The number of hydrogen-bond donors (Lipinski definition) is 2. The maximum Gasteiger partial charge on any atom is 0.243 e. The maximum absolute atomic E-state index is 12.6. The molecule has 0 radical (unpaired) electrons. The smallest absolute Gasteiger partial charge is 0.243 e. The minimum absolute atomic E-state index is 0.312. The molecule has 0 bridgehead atoms. The molecule has 1 saturated heterocycles. The number of halogens is 1. The molecule has 0 spiro atoms. The highest BCUT2D eigenvalue weighted by molar-refractivity contribution is 9.11. The van der Waals surface area contributed by atoms with Crippen LogP contribution in [0.5, 0.6) is 0 Å². The van der Waals surface area contributed by atoms with E-state index >= 15 is 0 Å². The lowest BCUT2D eigenvalue weighted by Gasteiger charge is -2.33. The van der Waals surface area contributed by atoms with Gasteiger partial charge in [0.25, 0.3) is 0 Å². The molecule has 1 aliphatic rings. The molecule has 1 atom stereocenters. The van der Waals surface area contributed by atoms with Gasteiger partial charge in [-0.15, -0.1) is 11.3 Å². The second kappa shape index (κ2) is 7.06. The van der Waals surface area contributed by atoms with Crippen molar-refractivity contribution in [3.8, 4) is 0 Å². The van der Waals surface area contributed by atoms with Crippen LogP contribution in [0.2, 0.25) is 0 Å². The maximum atomic E-state index is 12.6. The van der Waals surface area contributed by atoms with Crippen molar-refractivity contribution >= 4 is 37.3 Å². The molecule has 8 heteroatoms. The first-order valence-electron chi connectivity index (χ1n) is 6.97. The Hall–Kier alpha value is 0.01000. The Morgan fingerprint density at radius 2 is 2.29 bits per heavy atom. The zero-order chi connectivity index (χ0) is 15.5. The summed E-state index contributed by atoms with van der Waals surface area (Å²) in [5.74, 6) is 0. The summed E-state index contributed by atoms with van der Waals surface area (Å²) in [6.45, 7) is 6.56. The summed E-state index contributed by atoms with van der Waals surface area (Å²) < 4.78 is 34.1. The molecule has 21 heavy (non-hydrogen) atoms. The summed E-state index contributed by atoms with van der Waals surface area (Å²) in [5, 5.41) is 3.20. The minimum Gasteiger partial charge on any atom is -0.380 e. The van der Waals surface area contributed by atoms with E-state index in [9.17, 15) is 8.42 Å². The molecule has 1 unspecified atom stereocenters. The summed E-state index contributed by atoms with van der Waals surface area (Å²) in [4.78, 5) is 1.31. The summed E-state index contributed by atoms with van der Waals surface area (Å²) in [5.41, 5.74) is -0.527.